The number of carbonyl (C=O) groups is 1. The largest absolute Gasteiger partial charge is 0.322 e. The molecule has 36 heavy (non-hydrogen) atoms. The van der Waals surface area contributed by atoms with E-state index in [1.54, 1.807) is 60.7 Å². The second kappa shape index (κ2) is 10.4. The molecule has 190 valence electrons. The molecular formula is C26H29N3O5S2. The van der Waals surface area contributed by atoms with Crippen molar-refractivity contribution in [2.75, 3.05) is 29.8 Å². The zero-order valence-corrected chi connectivity index (χ0v) is 21.8. The van der Waals surface area contributed by atoms with E-state index in [1.165, 1.54) is 27.8 Å². The van der Waals surface area contributed by atoms with Crippen molar-refractivity contribution in [2.24, 2.45) is 0 Å². The summed E-state index contributed by atoms with van der Waals surface area (Å²) in [6.45, 7) is 2.94. The second-order valence-electron chi connectivity index (χ2n) is 8.78. The Balaban J connectivity index is 1.43. The van der Waals surface area contributed by atoms with E-state index in [0.717, 1.165) is 24.8 Å². The molecule has 8 nitrogen and oxygen atoms in total. The summed E-state index contributed by atoms with van der Waals surface area (Å²) >= 11 is 0. The predicted molar refractivity (Wildman–Crippen MR) is 140 cm³/mol. The molecule has 3 aromatic rings. The third kappa shape index (κ3) is 5.45. The summed E-state index contributed by atoms with van der Waals surface area (Å²) in [5.74, 6) is -0.391. The first-order valence-corrected chi connectivity index (χ1v) is 14.5. The normalized spacial score (nSPS) is 14.8. The van der Waals surface area contributed by atoms with E-state index in [1.807, 2.05) is 6.92 Å². The van der Waals surface area contributed by atoms with Crippen LogP contribution in [0.5, 0.6) is 0 Å². The Labute approximate surface area is 212 Å². The maximum absolute atomic E-state index is 12.9. The number of carbonyl (C=O) groups excluding carboxylic acids is 1. The zero-order valence-electron chi connectivity index (χ0n) is 20.2. The van der Waals surface area contributed by atoms with Crippen LogP contribution in [0.25, 0.3) is 0 Å². The van der Waals surface area contributed by atoms with Crippen molar-refractivity contribution in [3.63, 3.8) is 0 Å². The van der Waals surface area contributed by atoms with E-state index in [-0.39, 0.29) is 9.79 Å². The molecule has 1 saturated heterocycles. The lowest BCUT2D eigenvalue weighted by Crippen LogP contribution is -2.35. The van der Waals surface area contributed by atoms with Crippen LogP contribution in [0.15, 0.2) is 82.6 Å². The van der Waals surface area contributed by atoms with E-state index in [9.17, 15) is 21.6 Å². The summed E-state index contributed by atoms with van der Waals surface area (Å²) in [6, 6.07) is 18.9. The summed E-state index contributed by atoms with van der Waals surface area (Å²) in [4.78, 5) is 13.1. The minimum absolute atomic E-state index is 0.183. The van der Waals surface area contributed by atoms with Crippen molar-refractivity contribution in [1.29, 1.82) is 0 Å². The van der Waals surface area contributed by atoms with Gasteiger partial charge in [-0.2, -0.15) is 4.31 Å². The molecule has 4 rings (SSSR count). The highest BCUT2D eigenvalue weighted by atomic mass is 32.2. The molecule has 0 spiro atoms. The molecule has 0 aliphatic carbocycles. The highest BCUT2D eigenvalue weighted by molar-refractivity contribution is 7.92. The average Bonchev–Trinajstić information content (AvgIpc) is 2.89. The van der Waals surface area contributed by atoms with E-state index in [4.69, 9.17) is 0 Å². The Hall–Kier alpha value is -3.21. The topological polar surface area (TPSA) is 104 Å². The Morgan fingerprint density at radius 2 is 1.33 bits per heavy atom. The molecule has 1 N–H and O–H groups in total. The summed E-state index contributed by atoms with van der Waals surface area (Å²) in [5.41, 5.74) is 2.18. The van der Waals surface area contributed by atoms with Crippen LogP contribution in [-0.4, -0.2) is 47.2 Å². The molecule has 0 radical (unpaired) electrons. The molecule has 1 aliphatic rings. The highest BCUT2D eigenvalue weighted by Gasteiger charge is 2.26. The molecule has 3 aromatic carbocycles. The Morgan fingerprint density at radius 1 is 0.778 bits per heavy atom. The maximum Gasteiger partial charge on any atom is 0.264 e. The van der Waals surface area contributed by atoms with Crippen molar-refractivity contribution in [2.45, 2.75) is 36.0 Å². The molecule has 1 heterocycles. The summed E-state index contributed by atoms with van der Waals surface area (Å²) in [5, 5.41) is 2.75. The van der Waals surface area contributed by atoms with Crippen LogP contribution in [0.1, 0.15) is 35.2 Å². The minimum Gasteiger partial charge on any atom is -0.322 e. The summed E-state index contributed by atoms with van der Waals surface area (Å²) < 4.78 is 54.1. The number of piperidine rings is 1. The summed E-state index contributed by atoms with van der Waals surface area (Å²) in [6.07, 6.45) is 2.76. The van der Waals surface area contributed by atoms with Gasteiger partial charge in [0.15, 0.2) is 0 Å². The second-order valence-corrected chi connectivity index (χ2v) is 12.7. The molecule has 1 amide bonds. The van der Waals surface area contributed by atoms with Gasteiger partial charge >= 0.3 is 0 Å². The molecular weight excluding hydrogens is 498 g/mol. The first-order valence-electron chi connectivity index (χ1n) is 11.7. The SMILES string of the molecule is Cc1ccc(S(=O)(=O)N(C)c2ccc(C(=O)Nc3ccc(S(=O)(=O)N4CCCCC4)cc3)cc2)cc1. The average molecular weight is 528 g/mol. The van der Waals surface area contributed by atoms with Gasteiger partial charge in [0.05, 0.1) is 15.5 Å². The third-order valence-electron chi connectivity index (χ3n) is 6.24. The molecule has 0 atom stereocenters. The van der Waals surface area contributed by atoms with Crippen LogP contribution in [0, 0.1) is 6.92 Å². The fraction of sp³-hybridized carbons (Fsp3) is 0.269. The van der Waals surface area contributed by atoms with Crippen molar-refractivity contribution >= 4 is 37.3 Å². The first-order chi connectivity index (χ1) is 17.1. The van der Waals surface area contributed by atoms with Gasteiger partial charge in [-0.25, -0.2) is 16.8 Å². The van der Waals surface area contributed by atoms with Crippen LogP contribution in [0.3, 0.4) is 0 Å². The van der Waals surface area contributed by atoms with E-state index in [2.05, 4.69) is 5.32 Å². The number of hydrogen-bond donors (Lipinski definition) is 1. The van der Waals surface area contributed by atoms with E-state index < -0.39 is 26.0 Å². The van der Waals surface area contributed by atoms with Gasteiger partial charge in [-0.05, 0) is 80.4 Å². The Morgan fingerprint density at radius 3 is 1.92 bits per heavy atom. The van der Waals surface area contributed by atoms with Crippen molar-refractivity contribution in [1.82, 2.24) is 4.31 Å². The number of hydrogen-bond acceptors (Lipinski definition) is 5. The molecule has 0 saturated carbocycles. The summed E-state index contributed by atoms with van der Waals surface area (Å²) in [7, 11) is -5.81. The van der Waals surface area contributed by atoms with Gasteiger partial charge in [0.1, 0.15) is 0 Å². The number of aryl methyl sites for hydroxylation is 1. The van der Waals surface area contributed by atoms with Gasteiger partial charge < -0.3 is 5.32 Å². The quantitative estimate of drug-likeness (QED) is 0.495. The van der Waals surface area contributed by atoms with Crippen LogP contribution in [0.4, 0.5) is 11.4 Å². The van der Waals surface area contributed by atoms with Crippen LogP contribution >= 0.6 is 0 Å². The Bertz CT molecular complexity index is 1430. The van der Waals surface area contributed by atoms with Crippen molar-refractivity contribution in [3.05, 3.63) is 83.9 Å². The number of rotatable bonds is 7. The zero-order chi connectivity index (χ0) is 25.9. The number of benzene rings is 3. The van der Waals surface area contributed by atoms with Crippen LogP contribution < -0.4 is 9.62 Å². The lowest BCUT2D eigenvalue weighted by atomic mass is 10.2. The van der Waals surface area contributed by atoms with E-state index >= 15 is 0 Å². The molecule has 10 heteroatoms. The van der Waals surface area contributed by atoms with Gasteiger partial charge in [-0.1, -0.05) is 24.1 Å². The number of nitrogens with one attached hydrogen (secondary N) is 1. The molecule has 1 aliphatic heterocycles. The molecule has 0 unspecified atom stereocenters. The van der Waals surface area contributed by atoms with Crippen LogP contribution in [-0.2, 0) is 20.0 Å². The van der Waals surface area contributed by atoms with E-state index in [0.29, 0.717) is 30.0 Å². The number of amides is 1. The Kier molecular flexibility index (Phi) is 7.49. The number of sulfonamides is 2. The van der Waals surface area contributed by atoms with Crippen molar-refractivity contribution in [3.8, 4) is 0 Å². The lowest BCUT2D eigenvalue weighted by Gasteiger charge is -2.25. The fourth-order valence-electron chi connectivity index (χ4n) is 4.00. The molecule has 0 aromatic heterocycles. The maximum atomic E-state index is 12.9. The van der Waals surface area contributed by atoms with Gasteiger partial charge in [-0.3, -0.25) is 9.10 Å². The monoisotopic (exact) mass is 527 g/mol. The standard InChI is InChI=1S/C26H29N3O5S2/c1-20-6-14-24(15-7-20)35(31,32)28(2)23-12-8-21(9-13-23)26(30)27-22-10-16-25(17-11-22)36(33,34)29-18-4-3-5-19-29/h6-17H,3-5,18-19H2,1-2H3,(H,27,30). The van der Waals surface area contributed by atoms with Crippen LogP contribution in [0.2, 0.25) is 0 Å². The van der Waals surface area contributed by atoms with Gasteiger partial charge in [0.2, 0.25) is 10.0 Å². The smallest absolute Gasteiger partial charge is 0.264 e. The fourth-order valence-corrected chi connectivity index (χ4v) is 6.71. The van der Waals surface area contributed by atoms with Gasteiger partial charge in [0, 0.05) is 31.4 Å². The van der Waals surface area contributed by atoms with Gasteiger partial charge in [-0.15, -0.1) is 0 Å². The minimum atomic E-state index is -3.73. The molecule has 0 bridgehead atoms. The first kappa shape index (κ1) is 25.9. The number of anilines is 2. The lowest BCUT2D eigenvalue weighted by molar-refractivity contribution is 0.102. The predicted octanol–water partition coefficient (Wildman–Crippen LogP) is 4.25. The van der Waals surface area contributed by atoms with Gasteiger partial charge in [0.25, 0.3) is 15.9 Å². The number of nitrogens with zero attached hydrogens (tertiary/aromatic N) is 2. The third-order valence-corrected chi connectivity index (χ3v) is 9.95. The highest BCUT2D eigenvalue weighted by Crippen LogP contribution is 2.24. The van der Waals surface area contributed by atoms with Crippen molar-refractivity contribution < 1.29 is 21.6 Å². The molecule has 1 fully saturated rings.